The number of methoxy groups -OCH3 is 1. The van der Waals surface area contributed by atoms with E-state index in [1.54, 1.807) is 26.0 Å². The topological polar surface area (TPSA) is 71.0 Å². The summed E-state index contributed by atoms with van der Waals surface area (Å²) in [5.41, 5.74) is 0. The molecule has 0 aliphatic heterocycles. The van der Waals surface area contributed by atoms with Gasteiger partial charge in [-0.3, -0.25) is 4.79 Å². The van der Waals surface area contributed by atoms with Crippen molar-refractivity contribution in [2.24, 2.45) is 0 Å². The van der Waals surface area contributed by atoms with E-state index in [2.05, 4.69) is 5.32 Å². The molecule has 0 aliphatic rings. The van der Waals surface area contributed by atoms with Gasteiger partial charge >= 0.3 is 0 Å². The maximum absolute atomic E-state index is 11.7. The fourth-order valence-corrected chi connectivity index (χ4v) is 1.31. The van der Waals surface area contributed by atoms with Crippen molar-refractivity contribution in [1.82, 2.24) is 10.2 Å². The summed E-state index contributed by atoms with van der Waals surface area (Å²) in [7, 11) is 3.35. The van der Waals surface area contributed by atoms with Crippen LogP contribution in [0.25, 0.3) is 0 Å². The highest BCUT2D eigenvalue weighted by Gasteiger charge is 2.16. The Hall–Kier alpha value is -0.690. The number of carbonyl (C=O) groups is 1. The normalized spacial score (nSPS) is 14.3. The van der Waals surface area contributed by atoms with Gasteiger partial charge in [-0.25, -0.2) is 0 Å². The largest absolute Gasteiger partial charge is 0.389 e. The fourth-order valence-electron chi connectivity index (χ4n) is 1.31. The predicted octanol–water partition coefficient (Wildman–Crippen LogP) is -0.533. The third-order valence-electron chi connectivity index (χ3n) is 2.62. The van der Waals surface area contributed by atoms with Crippen LogP contribution in [0.15, 0.2) is 0 Å². The second-order valence-electron chi connectivity index (χ2n) is 4.20. The molecule has 0 bridgehead atoms. The predicted molar refractivity (Wildman–Crippen MR) is 69.5 cm³/mol. The molecule has 6 nitrogen and oxygen atoms in total. The summed E-state index contributed by atoms with van der Waals surface area (Å²) in [6, 6.07) is -0.302. The number of aliphatic hydroxyl groups is 1. The standard InChI is InChI=1S/C12H26N2O4/c1-5-14(3)12(16)10(2)13-8-11(15)9-18-7-6-17-4/h10-11,13,15H,5-9H2,1-4H3. The first-order chi connectivity index (χ1) is 8.52. The van der Waals surface area contributed by atoms with E-state index in [9.17, 15) is 9.90 Å². The second-order valence-corrected chi connectivity index (χ2v) is 4.20. The first-order valence-corrected chi connectivity index (χ1v) is 6.26. The van der Waals surface area contributed by atoms with Crippen LogP contribution in [0, 0.1) is 0 Å². The molecule has 108 valence electrons. The quantitative estimate of drug-likeness (QED) is 0.518. The number of nitrogens with zero attached hydrogens (tertiary/aromatic N) is 1. The Morgan fingerprint density at radius 1 is 1.44 bits per heavy atom. The Labute approximate surface area is 109 Å². The Morgan fingerprint density at radius 2 is 2.11 bits per heavy atom. The van der Waals surface area contributed by atoms with Gasteiger partial charge in [0, 0.05) is 27.2 Å². The third-order valence-corrected chi connectivity index (χ3v) is 2.62. The minimum atomic E-state index is -0.621. The zero-order chi connectivity index (χ0) is 14.0. The van der Waals surface area contributed by atoms with Crippen LogP contribution >= 0.6 is 0 Å². The lowest BCUT2D eigenvalue weighted by Gasteiger charge is -2.21. The minimum Gasteiger partial charge on any atom is -0.389 e. The van der Waals surface area contributed by atoms with Crippen LogP contribution < -0.4 is 5.32 Å². The average molecular weight is 262 g/mol. The van der Waals surface area contributed by atoms with Crippen molar-refractivity contribution >= 4 is 5.91 Å². The van der Waals surface area contributed by atoms with Crippen molar-refractivity contribution in [2.75, 3.05) is 47.1 Å². The van der Waals surface area contributed by atoms with Gasteiger partial charge in [-0.05, 0) is 13.8 Å². The minimum absolute atomic E-state index is 0.0185. The number of hydrogen-bond acceptors (Lipinski definition) is 5. The van der Waals surface area contributed by atoms with Crippen LogP contribution in [0.4, 0.5) is 0 Å². The summed E-state index contributed by atoms with van der Waals surface area (Å²) < 4.78 is 10.0. The maximum Gasteiger partial charge on any atom is 0.239 e. The Morgan fingerprint density at radius 3 is 2.67 bits per heavy atom. The molecule has 0 aromatic carbocycles. The summed E-state index contributed by atoms with van der Waals surface area (Å²) in [4.78, 5) is 13.4. The molecule has 2 unspecified atom stereocenters. The van der Waals surface area contributed by atoms with Crippen LogP contribution in [0.1, 0.15) is 13.8 Å². The van der Waals surface area contributed by atoms with Gasteiger partial charge in [0.15, 0.2) is 0 Å². The van der Waals surface area contributed by atoms with Gasteiger partial charge in [0.05, 0.1) is 32.0 Å². The molecule has 0 aromatic rings. The molecule has 18 heavy (non-hydrogen) atoms. The van der Waals surface area contributed by atoms with E-state index in [0.29, 0.717) is 26.3 Å². The molecule has 2 N–H and O–H groups in total. The number of carbonyl (C=O) groups excluding carboxylic acids is 1. The highest BCUT2D eigenvalue weighted by molar-refractivity contribution is 5.81. The van der Waals surface area contributed by atoms with Crippen molar-refractivity contribution in [3.8, 4) is 0 Å². The van der Waals surface area contributed by atoms with Gasteiger partial charge in [0.2, 0.25) is 5.91 Å². The summed E-state index contributed by atoms with van der Waals surface area (Å²) in [6.45, 7) is 5.92. The molecule has 0 fully saturated rings. The zero-order valence-corrected chi connectivity index (χ0v) is 11.8. The average Bonchev–Trinajstić information content (AvgIpc) is 2.39. The maximum atomic E-state index is 11.7. The molecule has 0 aromatic heterocycles. The number of nitrogens with one attached hydrogen (secondary N) is 1. The van der Waals surface area contributed by atoms with Crippen LogP contribution in [0.2, 0.25) is 0 Å². The lowest BCUT2D eigenvalue weighted by Crippen LogP contribution is -2.46. The van der Waals surface area contributed by atoms with Crippen LogP contribution in [-0.4, -0.2) is 75.1 Å². The number of likely N-dealkylation sites (N-methyl/N-ethyl adjacent to an activating group) is 1. The first-order valence-electron chi connectivity index (χ1n) is 6.26. The summed E-state index contributed by atoms with van der Waals surface area (Å²) in [5.74, 6) is 0.0185. The van der Waals surface area contributed by atoms with E-state index in [1.807, 2.05) is 6.92 Å². The zero-order valence-electron chi connectivity index (χ0n) is 11.8. The van der Waals surface area contributed by atoms with Crippen molar-refractivity contribution in [3.05, 3.63) is 0 Å². The number of rotatable bonds is 10. The smallest absolute Gasteiger partial charge is 0.239 e. The van der Waals surface area contributed by atoms with Crippen molar-refractivity contribution in [1.29, 1.82) is 0 Å². The summed E-state index contributed by atoms with van der Waals surface area (Å²) in [5, 5.41) is 12.6. The van der Waals surface area contributed by atoms with Gasteiger partial charge in [0.25, 0.3) is 0 Å². The van der Waals surface area contributed by atoms with Crippen molar-refractivity contribution < 1.29 is 19.4 Å². The molecule has 0 saturated carbocycles. The fraction of sp³-hybridized carbons (Fsp3) is 0.917. The van der Waals surface area contributed by atoms with E-state index in [0.717, 1.165) is 0 Å². The van der Waals surface area contributed by atoms with Crippen molar-refractivity contribution in [3.63, 3.8) is 0 Å². The monoisotopic (exact) mass is 262 g/mol. The number of aliphatic hydroxyl groups excluding tert-OH is 1. The molecule has 0 radical (unpaired) electrons. The van der Waals surface area contributed by atoms with Crippen molar-refractivity contribution in [2.45, 2.75) is 26.0 Å². The van der Waals surface area contributed by atoms with Crippen LogP contribution in [0.5, 0.6) is 0 Å². The molecule has 0 saturated heterocycles. The molecule has 0 heterocycles. The number of hydrogen-bond donors (Lipinski definition) is 2. The second kappa shape index (κ2) is 10.3. The summed E-state index contributed by atoms with van der Waals surface area (Å²) >= 11 is 0. The molecular weight excluding hydrogens is 236 g/mol. The third kappa shape index (κ3) is 7.60. The Bertz CT molecular complexity index is 226. The Kier molecular flexibility index (Phi) is 9.86. The van der Waals surface area contributed by atoms with E-state index in [4.69, 9.17) is 9.47 Å². The SMILES string of the molecule is CCN(C)C(=O)C(C)NCC(O)COCCOC. The first kappa shape index (κ1) is 17.3. The molecular formula is C12H26N2O4. The molecule has 6 heteroatoms. The number of ether oxygens (including phenoxy) is 2. The number of amides is 1. The van der Waals surface area contributed by atoms with Crippen LogP contribution in [0.3, 0.4) is 0 Å². The van der Waals surface area contributed by atoms with Gasteiger partial charge < -0.3 is 24.8 Å². The lowest BCUT2D eigenvalue weighted by atomic mass is 10.2. The van der Waals surface area contributed by atoms with Gasteiger partial charge in [-0.1, -0.05) is 0 Å². The van der Waals surface area contributed by atoms with E-state index >= 15 is 0 Å². The van der Waals surface area contributed by atoms with E-state index < -0.39 is 6.10 Å². The highest BCUT2D eigenvalue weighted by atomic mass is 16.5. The highest BCUT2D eigenvalue weighted by Crippen LogP contribution is 1.92. The molecule has 0 aliphatic carbocycles. The molecule has 1 amide bonds. The van der Waals surface area contributed by atoms with E-state index in [-0.39, 0.29) is 18.6 Å². The molecule has 0 rings (SSSR count). The molecule has 0 spiro atoms. The van der Waals surface area contributed by atoms with Gasteiger partial charge in [-0.15, -0.1) is 0 Å². The van der Waals surface area contributed by atoms with E-state index in [1.165, 1.54) is 0 Å². The van der Waals surface area contributed by atoms with Gasteiger partial charge in [0.1, 0.15) is 0 Å². The van der Waals surface area contributed by atoms with Crippen LogP contribution in [-0.2, 0) is 14.3 Å². The van der Waals surface area contributed by atoms with Gasteiger partial charge in [-0.2, -0.15) is 0 Å². The summed E-state index contributed by atoms with van der Waals surface area (Å²) in [6.07, 6.45) is -0.621. The Balaban J connectivity index is 3.70. The lowest BCUT2D eigenvalue weighted by molar-refractivity contribution is -0.131. The molecule has 2 atom stereocenters.